The van der Waals surface area contributed by atoms with Crippen molar-refractivity contribution < 1.29 is 23.5 Å². The van der Waals surface area contributed by atoms with Gasteiger partial charge in [0.05, 0.1) is 17.4 Å². The number of halogens is 1. The Kier molecular flexibility index (Phi) is 3.84. The fraction of sp³-hybridized carbons (Fsp3) is 0.143. The van der Waals surface area contributed by atoms with Crippen molar-refractivity contribution in [3.63, 3.8) is 0 Å². The van der Waals surface area contributed by atoms with Crippen LogP contribution in [0.1, 0.15) is 33.4 Å². The first kappa shape index (κ1) is 13.8. The lowest BCUT2D eigenvalue weighted by Crippen LogP contribution is -2.13. The molecule has 0 radical (unpaired) electrons. The van der Waals surface area contributed by atoms with Gasteiger partial charge in [-0.25, -0.2) is 9.18 Å². The van der Waals surface area contributed by atoms with Crippen molar-refractivity contribution in [1.29, 1.82) is 0 Å². The molecule has 0 unspecified atom stereocenters. The van der Waals surface area contributed by atoms with Crippen molar-refractivity contribution in [3.8, 4) is 0 Å². The molecule has 0 aliphatic heterocycles. The molecule has 0 aliphatic carbocycles. The number of nitrogens with one attached hydrogen (secondary N) is 1. The third kappa shape index (κ3) is 2.69. The van der Waals surface area contributed by atoms with Crippen molar-refractivity contribution in [3.05, 3.63) is 53.2 Å². The Hall–Kier alpha value is -2.63. The van der Waals surface area contributed by atoms with E-state index in [4.69, 9.17) is 9.52 Å². The maximum Gasteiger partial charge on any atom is 0.338 e. The summed E-state index contributed by atoms with van der Waals surface area (Å²) in [5, 5.41) is 11.3. The molecule has 1 heterocycles. The Balaban J connectivity index is 2.24. The van der Waals surface area contributed by atoms with Gasteiger partial charge in [-0.05, 0) is 24.3 Å². The van der Waals surface area contributed by atoms with Crippen LogP contribution in [-0.2, 0) is 6.42 Å². The lowest BCUT2D eigenvalue weighted by atomic mass is 10.1. The monoisotopic (exact) mass is 277 g/mol. The lowest BCUT2D eigenvalue weighted by Gasteiger charge is -2.06. The van der Waals surface area contributed by atoms with Crippen LogP contribution in [0.25, 0.3) is 0 Å². The predicted molar refractivity (Wildman–Crippen MR) is 69.4 cm³/mol. The zero-order valence-corrected chi connectivity index (χ0v) is 10.6. The van der Waals surface area contributed by atoms with E-state index in [-0.39, 0.29) is 5.69 Å². The number of carboxylic acid groups (broad SMARTS) is 1. The Bertz CT molecular complexity index is 663. The highest BCUT2D eigenvalue weighted by Crippen LogP contribution is 2.18. The number of benzene rings is 1. The van der Waals surface area contributed by atoms with Gasteiger partial charge < -0.3 is 14.8 Å². The minimum absolute atomic E-state index is 0.206. The molecule has 0 spiro atoms. The van der Waals surface area contributed by atoms with Crippen LogP contribution in [0.5, 0.6) is 0 Å². The number of furan rings is 1. The van der Waals surface area contributed by atoms with Gasteiger partial charge in [-0.15, -0.1) is 0 Å². The molecule has 0 aliphatic rings. The molecule has 6 heteroatoms. The van der Waals surface area contributed by atoms with E-state index >= 15 is 0 Å². The zero-order chi connectivity index (χ0) is 14.7. The van der Waals surface area contributed by atoms with Gasteiger partial charge in [0.15, 0.2) is 0 Å². The van der Waals surface area contributed by atoms with Gasteiger partial charge >= 0.3 is 5.97 Å². The number of aryl methyl sites for hydroxylation is 1. The molecule has 0 saturated heterocycles. The van der Waals surface area contributed by atoms with E-state index in [9.17, 15) is 14.0 Å². The first-order valence-electron chi connectivity index (χ1n) is 5.93. The number of hydrogen-bond acceptors (Lipinski definition) is 3. The van der Waals surface area contributed by atoms with Crippen molar-refractivity contribution in [2.24, 2.45) is 0 Å². The van der Waals surface area contributed by atoms with Crippen LogP contribution in [0.4, 0.5) is 10.1 Å². The van der Waals surface area contributed by atoms with Crippen LogP contribution < -0.4 is 5.32 Å². The highest BCUT2D eigenvalue weighted by atomic mass is 19.1. The molecule has 0 fully saturated rings. The zero-order valence-electron chi connectivity index (χ0n) is 10.6. The first-order chi connectivity index (χ1) is 9.52. The second-order valence-electron chi connectivity index (χ2n) is 4.06. The van der Waals surface area contributed by atoms with Crippen LogP contribution in [0.15, 0.2) is 34.9 Å². The topological polar surface area (TPSA) is 79.5 Å². The van der Waals surface area contributed by atoms with E-state index in [1.54, 1.807) is 0 Å². The van der Waals surface area contributed by atoms with Crippen LogP contribution in [0, 0.1) is 5.82 Å². The molecule has 1 amide bonds. The number of aromatic carboxylic acids is 1. The standard InChI is InChI=1S/C14H12FNO4/c1-2-12-9(5-6-20-12)13(17)16-8-3-4-11(15)10(7-8)14(18)19/h3-7H,2H2,1H3,(H,16,17)(H,18,19). The first-order valence-corrected chi connectivity index (χ1v) is 5.93. The second kappa shape index (κ2) is 5.56. The largest absolute Gasteiger partial charge is 0.478 e. The number of carbonyl (C=O) groups excluding carboxylic acids is 1. The lowest BCUT2D eigenvalue weighted by molar-refractivity contribution is 0.0691. The summed E-state index contributed by atoms with van der Waals surface area (Å²) in [4.78, 5) is 22.8. The minimum Gasteiger partial charge on any atom is -0.478 e. The van der Waals surface area contributed by atoms with Crippen LogP contribution in [-0.4, -0.2) is 17.0 Å². The molecule has 1 aromatic carbocycles. The number of rotatable bonds is 4. The average Bonchev–Trinajstić information content (AvgIpc) is 2.89. The number of anilines is 1. The van der Waals surface area contributed by atoms with Gasteiger partial charge in [-0.2, -0.15) is 0 Å². The molecule has 1 aromatic heterocycles. The molecular weight excluding hydrogens is 265 g/mol. The molecule has 104 valence electrons. The van der Waals surface area contributed by atoms with E-state index in [0.717, 1.165) is 12.1 Å². The molecule has 5 nitrogen and oxygen atoms in total. The minimum atomic E-state index is -1.39. The van der Waals surface area contributed by atoms with Gasteiger partial charge in [0, 0.05) is 12.1 Å². The molecule has 2 N–H and O–H groups in total. The summed E-state index contributed by atoms with van der Waals surface area (Å²) in [6.45, 7) is 1.84. The Labute approximate surface area is 114 Å². The second-order valence-corrected chi connectivity index (χ2v) is 4.06. The third-order valence-corrected chi connectivity index (χ3v) is 2.77. The van der Waals surface area contributed by atoms with E-state index in [0.29, 0.717) is 17.7 Å². The summed E-state index contributed by atoms with van der Waals surface area (Å²) < 4.78 is 18.4. The predicted octanol–water partition coefficient (Wildman–Crippen LogP) is 2.93. The molecular formula is C14H12FNO4. The summed E-state index contributed by atoms with van der Waals surface area (Å²) in [7, 11) is 0. The maximum atomic E-state index is 13.2. The van der Waals surface area contributed by atoms with Crippen molar-refractivity contribution in [2.75, 3.05) is 5.32 Å². The fourth-order valence-corrected chi connectivity index (χ4v) is 1.78. The number of amides is 1. The third-order valence-electron chi connectivity index (χ3n) is 2.77. The van der Waals surface area contributed by atoms with Crippen molar-refractivity contribution in [2.45, 2.75) is 13.3 Å². The van der Waals surface area contributed by atoms with Gasteiger partial charge in [0.25, 0.3) is 5.91 Å². The summed E-state index contributed by atoms with van der Waals surface area (Å²) >= 11 is 0. The Morgan fingerprint density at radius 2 is 2.05 bits per heavy atom. The number of hydrogen-bond donors (Lipinski definition) is 2. The fourth-order valence-electron chi connectivity index (χ4n) is 1.78. The van der Waals surface area contributed by atoms with Crippen molar-refractivity contribution >= 4 is 17.6 Å². The van der Waals surface area contributed by atoms with Crippen molar-refractivity contribution in [1.82, 2.24) is 0 Å². The molecule has 2 rings (SSSR count). The maximum absolute atomic E-state index is 13.2. The van der Waals surface area contributed by atoms with Gasteiger partial charge in [0.1, 0.15) is 11.6 Å². The number of carboxylic acids is 1. The molecule has 2 aromatic rings. The Morgan fingerprint density at radius 1 is 1.30 bits per heavy atom. The molecule has 0 bridgehead atoms. The summed E-state index contributed by atoms with van der Waals surface area (Å²) in [5.74, 6) is -2.15. The van der Waals surface area contributed by atoms with Crippen LogP contribution in [0.2, 0.25) is 0 Å². The smallest absolute Gasteiger partial charge is 0.338 e. The summed E-state index contributed by atoms with van der Waals surface area (Å²) in [5.41, 5.74) is 0.0801. The molecule has 0 atom stereocenters. The SMILES string of the molecule is CCc1occc1C(=O)Nc1ccc(F)c(C(=O)O)c1. The Morgan fingerprint density at radius 3 is 2.70 bits per heavy atom. The van der Waals surface area contributed by atoms with Crippen LogP contribution in [0.3, 0.4) is 0 Å². The van der Waals surface area contributed by atoms with E-state index < -0.39 is 23.3 Å². The van der Waals surface area contributed by atoms with Gasteiger partial charge in [-0.1, -0.05) is 6.92 Å². The quantitative estimate of drug-likeness (QED) is 0.900. The summed E-state index contributed by atoms with van der Waals surface area (Å²) in [6, 6.07) is 4.89. The van der Waals surface area contributed by atoms with Gasteiger partial charge in [-0.3, -0.25) is 4.79 Å². The highest BCUT2D eigenvalue weighted by molar-refractivity contribution is 6.05. The summed E-state index contributed by atoms with van der Waals surface area (Å²) in [6.07, 6.45) is 1.96. The average molecular weight is 277 g/mol. The van der Waals surface area contributed by atoms with E-state index in [1.807, 2.05) is 6.92 Å². The van der Waals surface area contributed by atoms with Crippen LogP contribution >= 0.6 is 0 Å². The molecule has 0 saturated carbocycles. The normalized spacial score (nSPS) is 10.3. The number of carbonyl (C=O) groups is 2. The van der Waals surface area contributed by atoms with E-state index in [2.05, 4.69) is 5.32 Å². The van der Waals surface area contributed by atoms with Gasteiger partial charge in [0.2, 0.25) is 0 Å². The van der Waals surface area contributed by atoms with E-state index in [1.165, 1.54) is 18.4 Å². The highest BCUT2D eigenvalue weighted by Gasteiger charge is 2.15. The molecule has 20 heavy (non-hydrogen) atoms.